The average molecular weight is 250 g/mol. The van der Waals surface area contributed by atoms with Crippen LogP contribution >= 0.6 is 11.3 Å². The molecule has 1 aliphatic rings. The molecule has 2 N–H and O–H groups in total. The molecule has 0 aromatic carbocycles. The summed E-state index contributed by atoms with van der Waals surface area (Å²) in [6, 6.07) is 0.560. The summed E-state index contributed by atoms with van der Waals surface area (Å²) >= 11 is 1.66. The molecule has 1 aliphatic carbocycles. The van der Waals surface area contributed by atoms with Gasteiger partial charge in [0.1, 0.15) is 0 Å². The number of imidazole rings is 1. The highest BCUT2D eigenvalue weighted by Gasteiger charge is 2.32. The Morgan fingerprint density at radius 2 is 2.41 bits per heavy atom. The normalized spacial score (nSPS) is 17.6. The molecular formula is C12H18N4S. The fourth-order valence-corrected chi connectivity index (χ4v) is 3.11. The summed E-state index contributed by atoms with van der Waals surface area (Å²) < 4.78 is 2.11. The molecule has 4 nitrogen and oxygen atoms in total. The number of fused-ring (bicyclic) bond motifs is 1. The Balaban J connectivity index is 1.99. The Kier molecular flexibility index (Phi) is 2.60. The first-order valence-corrected chi connectivity index (χ1v) is 6.97. The van der Waals surface area contributed by atoms with Gasteiger partial charge in [-0.2, -0.15) is 0 Å². The minimum Gasteiger partial charge on any atom is -0.355 e. The molecule has 2 aromatic heterocycles. The highest BCUT2D eigenvalue weighted by atomic mass is 32.1. The number of thiazole rings is 1. The van der Waals surface area contributed by atoms with Crippen molar-refractivity contribution in [2.45, 2.75) is 32.4 Å². The second kappa shape index (κ2) is 3.99. The van der Waals surface area contributed by atoms with Crippen LogP contribution < -0.4 is 10.6 Å². The molecule has 1 unspecified atom stereocenters. The summed E-state index contributed by atoms with van der Waals surface area (Å²) in [4.78, 5) is 8.03. The van der Waals surface area contributed by atoms with Gasteiger partial charge in [0, 0.05) is 31.2 Å². The van der Waals surface area contributed by atoms with E-state index < -0.39 is 0 Å². The van der Waals surface area contributed by atoms with Crippen LogP contribution in [0.4, 0.5) is 5.82 Å². The van der Waals surface area contributed by atoms with Gasteiger partial charge in [0.2, 0.25) is 0 Å². The lowest BCUT2D eigenvalue weighted by Crippen LogP contribution is -2.31. The van der Waals surface area contributed by atoms with Crippen LogP contribution in [0.15, 0.2) is 11.6 Å². The molecular weight excluding hydrogens is 232 g/mol. The molecule has 0 radical (unpaired) electrons. The van der Waals surface area contributed by atoms with Crippen LogP contribution in [0.1, 0.15) is 25.5 Å². The third kappa shape index (κ3) is 1.73. The zero-order valence-electron chi connectivity index (χ0n) is 10.3. The van der Waals surface area contributed by atoms with Crippen molar-refractivity contribution in [2.24, 2.45) is 11.7 Å². The smallest absolute Gasteiger partial charge is 0.195 e. The van der Waals surface area contributed by atoms with Crippen molar-refractivity contribution in [3.8, 4) is 0 Å². The lowest BCUT2D eigenvalue weighted by molar-refractivity contribution is 0.602. The van der Waals surface area contributed by atoms with Gasteiger partial charge in [0.15, 0.2) is 10.8 Å². The second-order valence-electron chi connectivity index (χ2n) is 4.83. The van der Waals surface area contributed by atoms with Gasteiger partial charge in [0.25, 0.3) is 0 Å². The number of nitrogens with two attached hydrogens (primary N) is 1. The Bertz CT molecular complexity index is 526. The van der Waals surface area contributed by atoms with E-state index in [9.17, 15) is 0 Å². The van der Waals surface area contributed by atoms with Gasteiger partial charge in [-0.1, -0.05) is 0 Å². The third-order valence-corrected chi connectivity index (χ3v) is 4.54. The molecule has 17 heavy (non-hydrogen) atoms. The first-order chi connectivity index (χ1) is 8.22. The average Bonchev–Trinajstić information content (AvgIpc) is 2.97. The topological polar surface area (TPSA) is 46.6 Å². The van der Waals surface area contributed by atoms with Crippen molar-refractivity contribution in [2.75, 3.05) is 11.9 Å². The first-order valence-electron chi connectivity index (χ1n) is 6.09. The minimum absolute atomic E-state index is 0.537. The Hall–Kier alpha value is -1.07. The fraction of sp³-hybridized carbons (Fsp3) is 0.583. The SMILES string of the molecule is CC(C1CC1)N(C)c1nc2sccn2c1CN. The molecule has 2 aromatic rings. The number of hydrogen-bond acceptors (Lipinski definition) is 4. The molecule has 0 saturated heterocycles. The van der Waals surface area contributed by atoms with Gasteiger partial charge in [-0.3, -0.25) is 4.40 Å². The maximum atomic E-state index is 5.87. The monoisotopic (exact) mass is 250 g/mol. The summed E-state index contributed by atoms with van der Waals surface area (Å²) in [7, 11) is 2.13. The Morgan fingerprint density at radius 1 is 1.65 bits per heavy atom. The number of aromatic nitrogens is 2. The molecule has 92 valence electrons. The maximum absolute atomic E-state index is 5.87. The van der Waals surface area contributed by atoms with Crippen LogP contribution in [-0.4, -0.2) is 22.5 Å². The minimum atomic E-state index is 0.537. The zero-order chi connectivity index (χ0) is 12.0. The standard InChI is InChI=1S/C12H18N4S/c1-8(9-3-4-9)15(2)11-10(7-13)16-5-6-17-12(16)14-11/h5-6,8-9H,3-4,7,13H2,1-2H3. The van der Waals surface area contributed by atoms with Crippen LogP contribution in [0.5, 0.6) is 0 Å². The van der Waals surface area contributed by atoms with E-state index in [2.05, 4.69) is 28.7 Å². The van der Waals surface area contributed by atoms with E-state index in [1.807, 2.05) is 6.20 Å². The highest BCUT2D eigenvalue weighted by Crippen LogP contribution is 2.37. The van der Waals surface area contributed by atoms with Crippen molar-refractivity contribution in [1.29, 1.82) is 0 Å². The van der Waals surface area contributed by atoms with Gasteiger partial charge in [-0.25, -0.2) is 4.98 Å². The lowest BCUT2D eigenvalue weighted by atomic mass is 10.2. The van der Waals surface area contributed by atoms with Crippen LogP contribution in [0.3, 0.4) is 0 Å². The fourth-order valence-electron chi connectivity index (χ4n) is 2.38. The summed E-state index contributed by atoms with van der Waals surface area (Å²) in [5.41, 5.74) is 6.99. The van der Waals surface area contributed by atoms with Crippen LogP contribution in [-0.2, 0) is 6.54 Å². The van der Waals surface area contributed by atoms with Crippen LogP contribution in [0, 0.1) is 5.92 Å². The number of anilines is 1. The molecule has 3 rings (SSSR count). The number of hydrogen-bond donors (Lipinski definition) is 1. The molecule has 0 spiro atoms. The van der Waals surface area contributed by atoms with E-state index in [1.165, 1.54) is 12.8 Å². The van der Waals surface area contributed by atoms with Gasteiger partial charge in [-0.05, 0) is 25.7 Å². The molecule has 5 heteroatoms. The van der Waals surface area contributed by atoms with Gasteiger partial charge in [0.05, 0.1) is 5.69 Å². The van der Waals surface area contributed by atoms with Crippen molar-refractivity contribution in [3.05, 3.63) is 17.3 Å². The second-order valence-corrected chi connectivity index (χ2v) is 5.70. The largest absolute Gasteiger partial charge is 0.355 e. The van der Waals surface area contributed by atoms with Crippen molar-refractivity contribution in [1.82, 2.24) is 9.38 Å². The van der Waals surface area contributed by atoms with Gasteiger partial charge < -0.3 is 10.6 Å². The third-order valence-electron chi connectivity index (χ3n) is 3.78. The Morgan fingerprint density at radius 3 is 3.06 bits per heavy atom. The highest BCUT2D eigenvalue weighted by molar-refractivity contribution is 7.15. The van der Waals surface area contributed by atoms with E-state index in [-0.39, 0.29) is 0 Å². The van der Waals surface area contributed by atoms with E-state index >= 15 is 0 Å². The molecule has 2 heterocycles. The number of nitrogens with zero attached hydrogens (tertiary/aromatic N) is 3. The van der Waals surface area contributed by atoms with E-state index in [1.54, 1.807) is 11.3 Å². The lowest BCUT2D eigenvalue weighted by Gasteiger charge is -2.25. The first kappa shape index (κ1) is 11.0. The predicted octanol–water partition coefficient (Wildman–Crippen LogP) is 2.09. The van der Waals surface area contributed by atoms with Crippen molar-refractivity contribution < 1.29 is 0 Å². The maximum Gasteiger partial charge on any atom is 0.195 e. The van der Waals surface area contributed by atoms with Gasteiger partial charge >= 0.3 is 0 Å². The molecule has 0 aliphatic heterocycles. The van der Waals surface area contributed by atoms with Crippen molar-refractivity contribution in [3.63, 3.8) is 0 Å². The van der Waals surface area contributed by atoms with Crippen LogP contribution in [0.25, 0.3) is 4.96 Å². The zero-order valence-corrected chi connectivity index (χ0v) is 11.1. The summed E-state index contributed by atoms with van der Waals surface area (Å²) in [5.74, 6) is 1.89. The summed E-state index contributed by atoms with van der Waals surface area (Å²) in [6.07, 6.45) is 4.76. The molecule has 1 atom stereocenters. The summed E-state index contributed by atoms with van der Waals surface area (Å²) in [5, 5.41) is 2.05. The summed E-state index contributed by atoms with van der Waals surface area (Å²) in [6.45, 7) is 2.82. The molecule has 1 saturated carbocycles. The predicted molar refractivity (Wildman–Crippen MR) is 71.5 cm³/mol. The van der Waals surface area contributed by atoms with E-state index in [0.717, 1.165) is 22.4 Å². The van der Waals surface area contributed by atoms with E-state index in [0.29, 0.717) is 12.6 Å². The molecule has 0 amide bonds. The molecule has 1 fully saturated rings. The molecule has 0 bridgehead atoms. The van der Waals surface area contributed by atoms with E-state index in [4.69, 9.17) is 10.7 Å². The number of rotatable bonds is 4. The van der Waals surface area contributed by atoms with Crippen molar-refractivity contribution >= 4 is 22.1 Å². The van der Waals surface area contributed by atoms with Crippen LogP contribution in [0.2, 0.25) is 0 Å². The van der Waals surface area contributed by atoms with Gasteiger partial charge in [-0.15, -0.1) is 11.3 Å². The quantitative estimate of drug-likeness (QED) is 0.904. The Labute approximate surface area is 105 Å².